The number of anilines is 1. The zero-order valence-electron chi connectivity index (χ0n) is 10.1. The van der Waals surface area contributed by atoms with Crippen molar-refractivity contribution in [2.45, 2.75) is 20.4 Å². The van der Waals surface area contributed by atoms with E-state index in [1.54, 1.807) is 12.5 Å². The summed E-state index contributed by atoms with van der Waals surface area (Å²) in [6, 6.07) is 1.92. The second-order valence-corrected chi connectivity index (χ2v) is 4.35. The van der Waals surface area contributed by atoms with Crippen molar-refractivity contribution < 1.29 is 4.42 Å². The monoisotopic (exact) mass is 251 g/mol. The number of aromatic nitrogens is 2. The predicted molar refractivity (Wildman–Crippen MR) is 67.3 cm³/mol. The Bertz CT molecular complexity index is 511. The SMILES string of the molecule is Cc1nc(Cl)c(N(C)Cc2ccoc2)nc1C. The summed E-state index contributed by atoms with van der Waals surface area (Å²) >= 11 is 6.10. The van der Waals surface area contributed by atoms with E-state index in [2.05, 4.69) is 9.97 Å². The summed E-state index contributed by atoms with van der Waals surface area (Å²) in [7, 11) is 1.93. The molecule has 2 aromatic heterocycles. The fourth-order valence-electron chi connectivity index (χ4n) is 1.54. The number of hydrogen-bond donors (Lipinski definition) is 0. The van der Waals surface area contributed by atoms with Crippen LogP contribution < -0.4 is 4.90 Å². The molecule has 0 saturated carbocycles. The molecule has 0 aliphatic heterocycles. The Labute approximate surface area is 105 Å². The van der Waals surface area contributed by atoms with E-state index in [0.29, 0.717) is 17.5 Å². The van der Waals surface area contributed by atoms with Crippen molar-refractivity contribution in [3.63, 3.8) is 0 Å². The van der Waals surface area contributed by atoms with E-state index in [1.807, 2.05) is 31.9 Å². The van der Waals surface area contributed by atoms with Gasteiger partial charge < -0.3 is 9.32 Å². The molecule has 2 aromatic rings. The number of furan rings is 1. The van der Waals surface area contributed by atoms with E-state index in [9.17, 15) is 0 Å². The first kappa shape index (κ1) is 11.9. The number of aryl methyl sites for hydroxylation is 2. The molecule has 2 rings (SSSR count). The van der Waals surface area contributed by atoms with Gasteiger partial charge in [-0.15, -0.1) is 0 Å². The minimum atomic E-state index is 0.430. The van der Waals surface area contributed by atoms with E-state index in [1.165, 1.54) is 0 Å². The zero-order chi connectivity index (χ0) is 12.4. The highest BCUT2D eigenvalue weighted by Gasteiger charge is 2.12. The Hall–Kier alpha value is -1.55. The van der Waals surface area contributed by atoms with Crippen LogP contribution in [0.5, 0.6) is 0 Å². The Morgan fingerprint density at radius 3 is 2.65 bits per heavy atom. The van der Waals surface area contributed by atoms with Gasteiger partial charge in [-0.2, -0.15) is 0 Å². The van der Waals surface area contributed by atoms with Crippen LogP contribution in [0, 0.1) is 13.8 Å². The maximum Gasteiger partial charge on any atom is 0.171 e. The molecule has 0 N–H and O–H groups in total. The molecule has 0 fully saturated rings. The minimum absolute atomic E-state index is 0.430. The number of nitrogens with zero attached hydrogens (tertiary/aromatic N) is 3. The van der Waals surface area contributed by atoms with E-state index in [4.69, 9.17) is 16.0 Å². The highest BCUT2D eigenvalue weighted by molar-refractivity contribution is 6.31. The molecule has 0 saturated heterocycles. The highest BCUT2D eigenvalue weighted by Crippen LogP contribution is 2.23. The van der Waals surface area contributed by atoms with Crippen molar-refractivity contribution in [2.24, 2.45) is 0 Å². The lowest BCUT2D eigenvalue weighted by Gasteiger charge is -2.18. The zero-order valence-corrected chi connectivity index (χ0v) is 10.8. The molecular weight excluding hydrogens is 238 g/mol. The Balaban J connectivity index is 2.24. The van der Waals surface area contributed by atoms with Gasteiger partial charge in [0.25, 0.3) is 0 Å². The van der Waals surface area contributed by atoms with Crippen LogP contribution in [0.4, 0.5) is 5.82 Å². The third kappa shape index (κ3) is 2.58. The van der Waals surface area contributed by atoms with Crippen LogP contribution in [-0.4, -0.2) is 17.0 Å². The summed E-state index contributed by atoms with van der Waals surface area (Å²) < 4.78 is 5.03. The molecule has 5 heteroatoms. The van der Waals surface area contributed by atoms with E-state index < -0.39 is 0 Å². The van der Waals surface area contributed by atoms with Crippen LogP contribution in [0.1, 0.15) is 17.0 Å². The molecular formula is C12H14ClN3O. The second-order valence-electron chi connectivity index (χ2n) is 4.00. The number of hydrogen-bond acceptors (Lipinski definition) is 4. The lowest BCUT2D eigenvalue weighted by Crippen LogP contribution is -2.19. The van der Waals surface area contributed by atoms with Gasteiger partial charge in [0.15, 0.2) is 11.0 Å². The van der Waals surface area contributed by atoms with E-state index in [0.717, 1.165) is 17.0 Å². The summed E-state index contributed by atoms with van der Waals surface area (Å²) in [6.07, 6.45) is 3.36. The Kier molecular flexibility index (Phi) is 3.33. The lowest BCUT2D eigenvalue weighted by atomic mass is 10.3. The fourth-order valence-corrected chi connectivity index (χ4v) is 1.85. The maximum atomic E-state index is 6.10. The van der Waals surface area contributed by atoms with Crippen LogP contribution in [-0.2, 0) is 6.54 Å². The fraction of sp³-hybridized carbons (Fsp3) is 0.333. The molecule has 0 spiro atoms. The van der Waals surface area contributed by atoms with Crippen molar-refractivity contribution in [1.29, 1.82) is 0 Å². The van der Waals surface area contributed by atoms with E-state index in [-0.39, 0.29) is 0 Å². The molecule has 2 heterocycles. The normalized spacial score (nSPS) is 10.6. The molecule has 0 atom stereocenters. The molecule has 90 valence electrons. The summed E-state index contributed by atoms with van der Waals surface area (Å²) in [5, 5.41) is 0.430. The minimum Gasteiger partial charge on any atom is -0.472 e. The van der Waals surface area contributed by atoms with Crippen molar-refractivity contribution in [3.8, 4) is 0 Å². The Morgan fingerprint density at radius 2 is 2.00 bits per heavy atom. The van der Waals surface area contributed by atoms with Crippen LogP contribution in [0.15, 0.2) is 23.0 Å². The van der Waals surface area contributed by atoms with Crippen molar-refractivity contribution in [1.82, 2.24) is 9.97 Å². The maximum absolute atomic E-state index is 6.10. The summed E-state index contributed by atoms with van der Waals surface area (Å²) in [5.74, 6) is 0.691. The van der Waals surface area contributed by atoms with Gasteiger partial charge in [-0.05, 0) is 19.9 Å². The topological polar surface area (TPSA) is 42.2 Å². The largest absolute Gasteiger partial charge is 0.472 e. The first-order chi connectivity index (χ1) is 8.08. The van der Waals surface area contributed by atoms with Crippen LogP contribution in [0.2, 0.25) is 5.15 Å². The summed E-state index contributed by atoms with van der Waals surface area (Å²) in [6.45, 7) is 4.51. The van der Waals surface area contributed by atoms with Gasteiger partial charge in [-0.25, -0.2) is 9.97 Å². The lowest BCUT2D eigenvalue weighted by molar-refractivity contribution is 0.563. The smallest absolute Gasteiger partial charge is 0.171 e. The first-order valence-electron chi connectivity index (χ1n) is 5.31. The van der Waals surface area contributed by atoms with Gasteiger partial charge in [0.2, 0.25) is 0 Å². The molecule has 0 bridgehead atoms. The molecule has 0 radical (unpaired) electrons. The van der Waals surface area contributed by atoms with Crippen molar-refractivity contribution in [2.75, 3.05) is 11.9 Å². The van der Waals surface area contributed by atoms with Crippen LogP contribution in [0.25, 0.3) is 0 Å². The van der Waals surface area contributed by atoms with E-state index >= 15 is 0 Å². The molecule has 0 amide bonds. The van der Waals surface area contributed by atoms with Gasteiger partial charge in [-0.3, -0.25) is 0 Å². The molecule has 0 aliphatic rings. The third-order valence-electron chi connectivity index (χ3n) is 2.61. The standard InChI is InChI=1S/C12H14ClN3O/c1-8-9(2)15-12(11(13)14-8)16(3)6-10-4-5-17-7-10/h4-5,7H,6H2,1-3H3. The molecule has 4 nitrogen and oxygen atoms in total. The van der Waals surface area contributed by atoms with Crippen molar-refractivity contribution >= 4 is 17.4 Å². The quantitative estimate of drug-likeness (QED) is 0.841. The predicted octanol–water partition coefficient (Wildman–Crippen LogP) is 2.98. The number of rotatable bonds is 3. The van der Waals surface area contributed by atoms with Gasteiger partial charge in [0.05, 0.1) is 23.9 Å². The average Bonchev–Trinajstić information content (AvgIpc) is 2.76. The highest BCUT2D eigenvalue weighted by atomic mass is 35.5. The van der Waals surface area contributed by atoms with Gasteiger partial charge in [-0.1, -0.05) is 11.6 Å². The van der Waals surface area contributed by atoms with Crippen LogP contribution in [0.3, 0.4) is 0 Å². The second kappa shape index (κ2) is 4.75. The molecule has 17 heavy (non-hydrogen) atoms. The Morgan fingerprint density at radius 1 is 1.29 bits per heavy atom. The van der Waals surface area contributed by atoms with Gasteiger partial charge in [0, 0.05) is 19.2 Å². The molecule has 0 aromatic carbocycles. The average molecular weight is 252 g/mol. The van der Waals surface area contributed by atoms with Gasteiger partial charge >= 0.3 is 0 Å². The number of halogens is 1. The molecule has 0 unspecified atom stereocenters. The third-order valence-corrected chi connectivity index (χ3v) is 2.86. The van der Waals surface area contributed by atoms with Crippen LogP contribution >= 0.6 is 11.6 Å². The van der Waals surface area contributed by atoms with Crippen molar-refractivity contribution in [3.05, 3.63) is 40.7 Å². The molecule has 0 aliphatic carbocycles. The first-order valence-corrected chi connectivity index (χ1v) is 5.68. The van der Waals surface area contributed by atoms with Gasteiger partial charge in [0.1, 0.15) is 0 Å². The summed E-state index contributed by atoms with van der Waals surface area (Å²) in [4.78, 5) is 10.7. The summed E-state index contributed by atoms with van der Waals surface area (Å²) in [5.41, 5.74) is 2.82.